The molecule has 82 valence electrons. The first-order valence-electron chi connectivity index (χ1n) is 4.41. The number of anilines is 1. The third-order valence-electron chi connectivity index (χ3n) is 1.99. The first kappa shape index (κ1) is 10.2. The maximum Gasteiger partial charge on any atom is 0.243 e. The molecule has 0 unspecified atom stereocenters. The van der Waals surface area contributed by atoms with Crippen LogP contribution in [-0.2, 0) is 10.0 Å². The second kappa shape index (κ2) is 3.35. The number of pyridine rings is 1. The second-order valence-corrected chi connectivity index (χ2v) is 4.92. The summed E-state index contributed by atoms with van der Waals surface area (Å²) in [5.74, 6) is 0.139. The van der Waals surface area contributed by atoms with Crippen LogP contribution in [0.1, 0.15) is 12.8 Å². The fraction of sp³-hybridized carbons (Fsp3) is 0.375. The fourth-order valence-corrected chi connectivity index (χ4v) is 1.96. The average Bonchev–Trinajstić information content (AvgIpc) is 2.85. The Morgan fingerprint density at radius 1 is 1.40 bits per heavy atom. The van der Waals surface area contributed by atoms with Crippen molar-refractivity contribution in [2.75, 3.05) is 5.73 Å². The molecule has 0 aromatic carbocycles. The minimum absolute atomic E-state index is 0.00986. The van der Waals surface area contributed by atoms with E-state index in [1.54, 1.807) is 0 Å². The number of hydrogen-bond donors (Lipinski definition) is 2. The van der Waals surface area contributed by atoms with Crippen molar-refractivity contribution in [1.29, 1.82) is 0 Å². The Morgan fingerprint density at radius 3 is 2.60 bits per heavy atom. The lowest BCUT2D eigenvalue weighted by molar-refractivity contribution is 0.294. The van der Waals surface area contributed by atoms with E-state index in [2.05, 4.69) is 4.98 Å². The third kappa shape index (κ3) is 2.18. The zero-order valence-corrected chi connectivity index (χ0v) is 8.70. The van der Waals surface area contributed by atoms with Gasteiger partial charge in [-0.1, -0.05) is 0 Å². The molecule has 15 heavy (non-hydrogen) atoms. The van der Waals surface area contributed by atoms with E-state index in [0.717, 1.165) is 12.8 Å². The van der Waals surface area contributed by atoms with Gasteiger partial charge in [-0.15, -0.1) is 0 Å². The van der Waals surface area contributed by atoms with E-state index >= 15 is 0 Å². The van der Waals surface area contributed by atoms with Crippen molar-refractivity contribution in [3.8, 4) is 5.75 Å². The van der Waals surface area contributed by atoms with Crippen molar-refractivity contribution < 1.29 is 13.2 Å². The van der Waals surface area contributed by atoms with Gasteiger partial charge in [0.15, 0.2) is 5.75 Å². The molecule has 1 fully saturated rings. The second-order valence-electron chi connectivity index (χ2n) is 3.42. The van der Waals surface area contributed by atoms with Crippen LogP contribution in [0.3, 0.4) is 0 Å². The van der Waals surface area contributed by atoms with E-state index in [-0.39, 0.29) is 22.4 Å². The minimum atomic E-state index is -3.87. The van der Waals surface area contributed by atoms with Gasteiger partial charge in [0.1, 0.15) is 4.90 Å². The molecule has 7 heteroatoms. The molecule has 1 aliphatic rings. The number of primary sulfonamides is 1. The largest absolute Gasteiger partial charge is 0.487 e. The van der Waals surface area contributed by atoms with Gasteiger partial charge in [0, 0.05) is 0 Å². The summed E-state index contributed by atoms with van der Waals surface area (Å²) in [6.07, 6.45) is 4.44. The lowest BCUT2D eigenvalue weighted by Gasteiger charge is -2.10. The summed E-state index contributed by atoms with van der Waals surface area (Å²) in [5, 5.41) is 5.04. The lowest BCUT2D eigenvalue weighted by Crippen LogP contribution is -2.16. The summed E-state index contributed by atoms with van der Waals surface area (Å²) in [7, 11) is -3.87. The first-order chi connectivity index (χ1) is 6.98. The number of nitrogen functional groups attached to an aromatic ring is 1. The Bertz CT molecular complexity index is 482. The third-order valence-corrected chi connectivity index (χ3v) is 3.00. The van der Waals surface area contributed by atoms with Crippen molar-refractivity contribution in [1.82, 2.24) is 4.98 Å². The Labute approximate surface area is 87.3 Å². The standard InChI is InChI=1S/C8H11N3O3S/c9-6-3-11-4-7(14-5-1-2-5)8(6)15(10,12)13/h3-5H,1-2,9H2,(H2,10,12,13). The summed E-state index contributed by atoms with van der Waals surface area (Å²) in [6.45, 7) is 0. The van der Waals surface area contributed by atoms with Crippen LogP contribution in [0.2, 0.25) is 0 Å². The van der Waals surface area contributed by atoms with Gasteiger partial charge < -0.3 is 10.5 Å². The van der Waals surface area contributed by atoms with Gasteiger partial charge >= 0.3 is 0 Å². The van der Waals surface area contributed by atoms with Crippen molar-refractivity contribution >= 4 is 15.7 Å². The highest BCUT2D eigenvalue weighted by Crippen LogP contribution is 2.32. The van der Waals surface area contributed by atoms with Gasteiger partial charge in [0.25, 0.3) is 0 Å². The highest BCUT2D eigenvalue weighted by molar-refractivity contribution is 7.89. The van der Waals surface area contributed by atoms with E-state index in [0.29, 0.717) is 0 Å². The van der Waals surface area contributed by atoms with E-state index in [1.807, 2.05) is 0 Å². The molecule has 0 saturated heterocycles. The van der Waals surface area contributed by atoms with Crippen LogP contribution in [0, 0.1) is 0 Å². The molecule has 6 nitrogen and oxygen atoms in total. The smallest absolute Gasteiger partial charge is 0.243 e. The van der Waals surface area contributed by atoms with E-state index in [1.165, 1.54) is 12.4 Å². The highest BCUT2D eigenvalue weighted by Gasteiger charge is 2.27. The maximum absolute atomic E-state index is 11.3. The number of rotatable bonds is 3. The van der Waals surface area contributed by atoms with Gasteiger partial charge in [-0.3, -0.25) is 4.98 Å². The molecule has 0 radical (unpaired) electrons. The molecule has 0 spiro atoms. The quantitative estimate of drug-likeness (QED) is 0.749. The van der Waals surface area contributed by atoms with Gasteiger partial charge in [-0.2, -0.15) is 0 Å². The molecule has 0 amide bonds. The Hall–Kier alpha value is -1.34. The Kier molecular flexibility index (Phi) is 2.28. The molecule has 0 bridgehead atoms. The molecule has 1 saturated carbocycles. The number of nitrogens with zero attached hydrogens (tertiary/aromatic N) is 1. The van der Waals surface area contributed by atoms with Crippen molar-refractivity contribution in [2.24, 2.45) is 5.14 Å². The minimum Gasteiger partial charge on any atom is -0.487 e. The number of aromatic nitrogens is 1. The van der Waals surface area contributed by atoms with Crippen LogP contribution in [0.15, 0.2) is 17.3 Å². The average molecular weight is 229 g/mol. The highest BCUT2D eigenvalue weighted by atomic mass is 32.2. The molecular formula is C8H11N3O3S. The summed E-state index contributed by atoms with van der Waals surface area (Å²) in [5.41, 5.74) is 5.51. The number of hydrogen-bond acceptors (Lipinski definition) is 5. The zero-order chi connectivity index (χ0) is 11.1. The summed E-state index contributed by atoms with van der Waals surface area (Å²) in [4.78, 5) is 3.59. The molecule has 4 N–H and O–H groups in total. The molecular weight excluding hydrogens is 218 g/mol. The first-order valence-corrected chi connectivity index (χ1v) is 5.96. The fourth-order valence-electron chi connectivity index (χ4n) is 1.20. The Morgan fingerprint density at radius 2 is 2.07 bits per heavy atom. The molecule has 1 heterocycles. The van der Waals surface area contributed by atoms with Crippen LogP contribution >= 0.6 is 0 Å². The van der Waals surface area contributed by atoms with Crippen LogP contribution in [0.4, 0.5) is 5.69 Å². The van der Waals surface area contributed by atoms with Crippen LogP contribution < -0.4 is 15.6 Å². The van der Waals surface area contributed by atoms with E-state index in [4.69, 9.17) is 15.6 Å². The molecule has 1 aromatic rings. The normalized spacial score (nSPS) is 16.3. The van der Waals surface area contributed by atoms with Crippen LogP contribution in [0.25, 0.3) is 0 Å². The predicted molar refractivity (Wildman–Crippen MR) is 53.7 cm³/mol. The summed E-state index contributed by atoms with van der Waals surface area (Å²) >= 11 is 0. The summed E-state index contributed by atoms with van der Waals surface area (Å²) in [6, 6.07) is 0. The molecule has 1 aromatic heterocycles. The van der Waals surface area contributed by atoms with Crippen LogP contribution in [0.5, 0.6) is 5.75 Å². The molecule has 0 atom stereocenters. The van der Waals surface area contributed by atoms with E-state index in [9.17, 15) is 8.42 Å². The number of sulfonamides is 1. The van der Waals surface area contributed by atoms with Gasteiger partial charge in [-0.25, -0.2) is 13.6 Å². The van der Waals surface area contributed by atoms with Crippen LogP contribution in [-0.4, -0.2) is 19.5 Å². The monoisotopic (exact) mass is 229 g/mol. The van der Waals surface area contributed by atoms with E-state index < -0.39 is 10.0 Å². The topological polar surface area (TPSA) is 108 Å². The van der Waals surface area contributed by atoms with Crippen molar-refractivity contribution in [2.45, 2.75) is 23.8 Å². The SMILES string of the molecule is Nc1cncc(OC2CC2)c1S(N)(=O)=O. The Balaban J connectivity index is 2.47. The summed E-state index contributed by atoms with van der Waals surface area (Å²) < 4.78 is 27.9. The van der Waals surface area contributed by atoms with Gasteiger partial charge in [0.2, 0.25) is 10.0 Å². The number of ether oxygens (including phenoxy) is 1. The lowest BCUT2D eigenvalue weighted by atomic mass is 10.4. The molecule has 1 aliphatic carbocycles. The van der Waals surface area contributed by atoms with Gasteiger partial charge in [-0.05, 0) is 12.8 Å². The zero-order valence-electron chi connectivity index (χ0n) is 7.88. The molecule has 2 rings (SSSR count). The predicted octanol–water partition coefficient (Wildman–Crippen LogP) is -0.148. The van der Waals surface area contributed by atoms with Crippen molar-refractivity contribution in [3.63, 3.8) is 0 Å². The number of nitrogens with two attached hydrogens (primary N) is 2. The van der Waals surface area contributed by atoms with Crippen molar-refractivity contribution in [3.05, 3.63) is 12.4 Å². The molecule has 0 aliphatic heterocycles. The van der Waals surface area contributed by atoms with Gasteiger partial charge in [0.05, 0.1) is 24.2 Å². The maximum atomic E-state index is 11.3.